The molecule has 0 bridgehead atoms. The van der Waals surface area contributed by atoms with Crippen molar-refractivity contribution in [1.29, 1.82) is 0 Å². The zero-order chi connectivity index (χ0) is 13.2. The van der Waals surface area contributed by atoms with E-state index in [1.807, 2.05) is 6.26 Å². The summed E-state index contributed by atoms with van der Waals surface area (Å²) in [6, 6.07) is 2.60. The molecular weight excluding hydrogens is 224 g/mol. The van der Waals surface area contributed by atoms with E-state index in [1.54, 1.807) is 0 Å². The molecule has 2 heterocycles. The normalized spacial score (nSPS) is 19.8. The topological polar surface area (TPSA) is 28.4 Å². The van der Waals surface area contributed by atoms with Crippen LogP contribution in [0.4, 0.5) is 0 Å². The van der Waals surface area contributed by atoms with Gasteiger partial charge in [-0.15, -0.1) is 0 Å². The van der Waals surface area contributed by atoms with Gasteiger partial charge in [-0.1, -0.05) is 27.7 Å². The fourth-order valence-corrected chi connectivity index (χ4v) is 2.54. The monoisotopic (exact) mass is 250 g/mol. The highest BCUT2D eigenvalue weighted by Gasteiger charge is 2.29. The van der Waals surface area contributed by atoms with Crippen LogP contribution in [0.1, 0.15) is 45.4 Å². The predicted octanol–water partition coefficient (Wildman–Crippen LogP) is 3.01. The maximum absolute atomic E-state index is 5.65. The third kappa shape index (κ3) is 3.59. The number of nitrogens with one attached hydrogen (secondary N) is 1. The van der Waals surface area contributed by atoms with Gasteiger partial charge in [0.2, 0.25) is 0 Å². The lowest BCUT2D eigenvalue weighted by molar-refractivity contribution is 0.261. The molecule has 0 spiro atoms. The van der Waals surface area contributed by atoms with Gasteiger partial charge in [0.25, 0.3) is 0 Å². The number of furan rings is 1. The molecular formula is C15H26N2O. The minimum atomic E-state index is 0.461. The summed E-state index contributed by atoms with van der Waals surface area (Å²) < 4.78 is 5.65. The molecule has 0 amide bonds. The van der Waals surface area contributed by atoms with Gasteiger partial charge in [-0.05, 0) is 24.4 Å². The van der Waals surface area contributed by atoms with E-state index in [1.165, 1.54) is 25.1 Å². The van der Waals surface area contributed by atoms with Crippen molar-refractivity contribution in [2.45, 2.75) is 53.2 Å². The average Bonchev–Trinajstić information content (AvgIpc) is 2.83. The second kappa shape index (κ2) is 5.45. The van der Waals surface area contributed by atoms with Crippen LogP contribution in [0.3, 0.4) is 0 Å². The van der Waals surface area contributed by atoms with Crippen molar-refractivity contribution in [3.63, 3.8) is 0 Å². The second-order valence-electron chi connectivity index (χ2n) is 6.53. The van der Waals surface area contributed by atoms with E-state index in [0.717, 1.165) is 18.8 Å². The van der Waals surface area contributed by atoms with Crippen molar-refractivity contribution in [3.05, 3.63) is 23.7 Å². The molecule has 18 heavy (non-hydrogen) atoms. The zero-order valence-corrected chi connectivity index (χ0v) is 12.1. The van der Waals surface area contributed by atoms with Gasteiger partial charge in [-0.25, -0.2) is 0 Å². The van der Waals surface area contributed by atoms with E-state index >= 15 is 0 Å². The summed E-state index contributed by atoms with van der Waals surface area (Å²) in [6.45, 7) is 13.2. The lowest BCUT2D eigenvalue weighted by atomic mass is 9.93. The molecule has 1 aromatic rings. The average molecular weight is 250 g/mol. The lowest BCUT2D eigenvalue weighted by Crippen LogP contribution is -2.25. The van der Waals surface area contributed by atoms with Crippen molar-refractivity contribution >= 4 is 0 Å². The smallest absolute Gasteiger partial charge is 0.122 e. The summed E-state index contributed by atoms with van der Waals surface area (Å²) in [5, 5.41) is 3.45. The van der Waals surface area contributed by atoms with Crippen LogP contribution in [0.5, 0.6) is 0 Å². The summed E-state index contributed by atoms with van der Waals surface area (Å²) in [6.07, 6.45) is 3.10. The highest BCUT2D eigenvalue weighted by atomic mass is 16.3. The molecule has 1 aliphatic rings. The quantitative estimate of drug-likeness (QED) is 0.871. The molecule has 2 rings (SSSR count). The van der Waals surface area contributed by atoms with Gasteiger partial charge in [0, 0.05) is 24.7 Å². The van der Waals surface area contributed by atoms with E-state index in [4.69, 9.17) is 4.42 Å². The molecule has 0 unspecified atom stereocenters. The Hall–Kier alpha value is -0.800. The van der Waals surface area contributed by atoms with E-state index in [-0.39, 0.29) is 0 Å². The summed E-state index contributed by atoms with van der Waals surface area (Å²) in [7, 11) is 0. The first-order valence-electron chi connectivity index (χ1n) is 6.97. The maximum atomic E-state index is 5.65. The molecule has 3 nitrogen and oxygen atoms in total. The Bertz CT molecular complexity index is 382. The Morgan fingerprint density at radius 2 is 2.22 bits per heavy atom. The van der Waals surface area contributed by atoms with Crippen LogP contribution < -0.4 is 5.32 Å². The van der Waals surface area contributed by atoms with Crippen molar-refractivity contribution < 1.29 is 4.42 Å². The van der Waals surface area contributed by atoms with Crippen LogP contribution in [-0.4, -0.2) is 24.0 Å². The molecule has 0 radical (unpaired) electrons. The van der Waals surface area contributed by atoms with E-state index in [0.29, 0.717) is 11.5 Å². The molecule has 1 N–H and O–H groups in total. The van der Waals surface area contributed by atoms with Crippen LogP contribution in [0, 0.1) is 5.41 Å². The van der Waals surface area contributed by atoms with Crippen molar-refractivity contribution in [1.82, 2.24) is 10.2 Å². The zero-order valence-electron chi connectivity index (χ0n) is 12.1. The summed E-state index contributed by atoms with van der Waals surface area (Å²) >= 11 is 0. The molecule has 1 saturated heterocycles. The molecule has 3 heteroatoms. The van der Waals surface area contributed by atoms with Gasteiger partial charge in [0.15, 0.2) is 0 Å². The molecule has 0 aliphatic carbocycles. The van der Waals surface area contributed by atoms with Gasteiger partial charge in [0.1, 0.15) is 5.76 Å². The number of rotatable bonds is 5. The largest absolute Gasteiger partial charge is 0.468 e. The maximum Gasteiger partial charge on any atom is 0.122 e. The van der Waals surface area contributed by atoms with Gasteiger partial charge < -0.3 is 9.73 Å². The Morgan fingerprint density at radius 1 is 1.44 bits per heavy atom. The summed E-state index contributed by atoms with van der Waals surface area (Å²) in [5.74, 6) is 1.13. The predicted molar refractivity (Wildman–Crippen MR) is 74.4 cm³/mol. The lowest BCUT2D eigenvalue weighted by Gasteiger charge is -2.19. The van der Waals surface area contributed by atoms with Crippen LogP contribution in [-0.2, 0) is 13.1 Å². The Morgan fingerprint density at radius 3 is 2.83 bits per heavy atom. The summed E-state index contributed by atoms with van der Waals surface area (Å²) in [4.78, 5) is 2.50. The second-order valence-corrected chi connectivity index (χ2v) is 6.53. The summed E-state index contributed by atoms with van der Waals surface area (Å²) in [5.41, 5.74) is 1.76. The van der Waals surface area contributed by atoms with E-state index in [9.17, 15) is 0 Å². The Kier molecular flexibility index (Phi) is 4.13. The fourth-order valence-electron chi connectivity index (χ4n) is 2.54. The van der Waals surface area contributed by atoms with Crippen LogP contribution >= 0.6 is 0 Å². The van der Waals surface area contributed by atoms with Crippen LogP contribution in [0.2, 0.25) is 0 Å². The number of likely N-dealkylation sites (tertiary alicyclic amines) is 1. The molecule has 0 atom stereocenters. The SMILES string of the molecule is CC(C)NCc1ccoc1CN1CCC(C)(C)C1. The van der Waals surface area contributed by atoms with Gasteiger partial charge in [0.05, 0.1) is 12.8 Å². The third-order valence-electron chi connectivity index (χ3n) is 3.66. The number of hydrogen-bond donors (Lipinski definition) is 1. The minimum Gasteiger partial charge on any atom is -0.468 e. The van der Waals surface area contributed by atoms with Crippen LogP contribution in [0.15, 0.2) is 16.7 Å². The Labute approximate surface area is 111 Å². The van der Waals surface area contributed by atoms with Gasteiger partial charge in [-0.2, -0.15) is 0 Å². The van der Waals surface area contributed by atoms with Crippen LogP contribution in [0.25, 0.3) is 0 Å². The van der Waals surface area contributed by atoms with Gasteiger partial charge in [-0.3, -0.25) is 4.90 Å². The molecule has 102 valence electrons. The first kappa shape index (κ1) is 13.6. The molecule has 1 fully saturated rings. The van der Waals surface area contributed by atoms with Crippen molar-refractivity contribution in [3.8, 4) is 0 Å². The molecule has 1 aliphatic heterocycles. The molecule has 1 aromatic heterocycles. The minimum absolute atomic E-state index is 0.461. The highest BCUT2D eigenvalue weighted by Crippen LogP contribution is 2.30. The highest BCUT2D eigenvalue weighted by molar-refractivity contribution is 5.17. The number of nitrogens with zero attached hydrogens (tertiary/aromatic N) is 1. The first-order valence-corrected chi connectivity index (χ1v) is 6.97. The first-order chi connectivity index (χ1) is 8.46. The standard InChI is InChI=1S/C15H26N2O/c1-12(2)16-9-13-5-8-18-14(13)10-17-7-6-15(3,4)11-17/h5,8,12,16H,6-7,9-11H2,1-4H3. The van der Waals surface area contributed by atoms with Crippen molar-refractivity contribution in [2.24, 2.45) is 5.41 Å². The van der Waals surface area contributed by atoms with Crippen molar-refractivity contribution in [2.75, 3.05) is 13.1 Å². The molecule has 0 saturated carbocycles. The molecule has 0 aromatic carbocycles. The number of hydrogen-bond acceptors (Lipinski definition) is 3. The van der Waals surface area contributed by atoms with E-state index < -0.39 is 0 Å². The fraction of sp³-hybridized carbons (Fsp3) is 0.733. The van der Waals surface area contributed by atoms with Gasteiger partial charge >= 0.3 is 0 Å². The third-order valence-corrected chi connectivity index (χ3v) is 3.66. The Balaban J connectivity index is 1.92. The van der Waals surface area contributed by atoms with E-state index in [2.05, 4.69) is 44.0 Å².